The van der Waals surface area contributed by atoms with E-state index in [-0.39, 0.29) is 66.6 Å². The maximum absolute atomic E-state index is 11.8. The summed E-state index contributed by atoms with van der Waals surface area (Å²) in [6.07, 6.45) is 0.0779. The first-order chi connectivity index (χ1) is 18.0. The van der Waals surface area contributed by atoms with Crippen molar-refractivity contribution >= 4 is 20.0 Å². The predicted molar refractivity (Wildman–Crippen MR) is 154 cm³/mol. The molecular formula is C30H56O8Si. The number of hydrogen-bond donors (Lipinski definition) is 0. The Morgan fingerprint density at radius 2 is 1.67 bits per heavy atom. The molecule has 0 amide bonds. The molecule has 0 radical (unpaired) electrons. The molecule has 228 valence electrons. The van der Waals surface area contributed by atoms with Gasteiger partial charge < -0.3 is 28.4 Å². The van der Waals surface area contributed by atoms with Crippen LogP contribution >= 0.6 is 0 Å². The Bertz CT molecular complexity index is 800. The molecular weight excluding hydrogens is 516 g/mol. The van der Waals surface area contributed by atoms with Crippen LogP contribution in [0.15, 0.2) is 0 Å². The molecule has 0 aromatic carbocycles. The molecule has 0 bridgehead atoms. The Kier molecular flexibility index (Phi) is 12.5. The van der Waals surface area contributed by atoms with Crippen molar-refractivity contribution in [1.82, 2.24) is 0 Å². The summed E-state index contributed by atoms with van der Waals surface area (Å²) in [6.45, 7) is 25.4. The summed E-state index contributed by atoms with van der Waals surface area (Å²) in [7, 11) is -1.28. The van der Waals surface area contributed by atoms with Crippen LogP contribution in [0.25, 0.3) is 0 Å². The molecule has 0 aliphatic carbocycles. The first kappa shape index (κ1) is 34.2. The SMILES string of the molecule is CC[C@@H](OC(C)=O)[C@@H](C)C1O[C@](C)(O[C@@H]2C(C)[C@H](OCC[Si](C)(C)C)OC(COC(C)=O)[C@@H]2C)C[C@@H](C)[C@H]1C. The van der Waals surface area contributed by atoms with E-state index in [0.29, 0.717) is 12.5 Å². The number of esters is 2. The van der Waals surface area contributed by atoms with E-state index in [2.05, 4.69) is 54.3 Å². The summed E-state index contributed by atoms with van der Waals surface area (Å²) in [4.78, 5) is 23.4. The molecule has 2 fully saturated rings. The Hall–Kier alpha value is -1.00. The predicted octanol–water partition coefficient (Wildman–Crippen LogP) is 6.04. The largest absolute Gasteiger partial charge is 0.463 e. The topological polar surface area (TPSA) is 89.5 Å². The average molecular weight is 573 g/mol. The van der Waals surface area contributed by atoms with Gasteiger partial charge in [-0.25, -0.2) is 0 Å². The highest BCUT2D eigenvalue weighted by molar-refractivity contribution is 6.76. The van der Waals surface area contributed by atoms with Crippen LogP contribution in [0, 0.1) is 29.6 Å². The Balaban J connectivity index is 2.27. The molecule has 0 aromatic heterocycles. The summed E-state index contributed by atoms with van der Waals surface area (Å²) in [6, 6.07) is 1.03. The van der Waals surface area contributed by atoms with Gasteiger partial charge in [0.15, 0.2) is 12.1 Å². The zero-order valence-corrected chi connectivity index (χ0v) is 27.6. The van der Waals surface area contributed by atoms with Gasteiger partial charge in [0.2, 0.25) is 0 Å². The quantitative estimate of drug-likeness (QED) is 0.207. The first-order valence-electron chi connectivity index (χ1n) is 14.9. The monoisotopic (exact) mass is 572 g/mol. The highest BCUT2D eigenvalue weighted by Gasteiger charge is 2.50. The van der Waals surface area contributed by atoms with Crippen molar-refractivity contribution in [2.75, 3.05) is 13.2 Å². The summed E-state index contributed by atoms with van der Waals surface area (Å²) in [5.74, 6) is -0.904. The summed E-state index contributed by atoms with van der Waals surface area (Å²) >= 11 is 0. The van der Waals surface area contributed by atoms with Crippen LogP contribution in [0.2, 0.25) is 25.7 Å². The lowest BCUT2D eigenvalue weighted by atomic mass is 9.76. The van der Waals surface area contributed by atoms with Gasteiger partial charge in [-0.2, -0.15) is 0 Å². The van der Waals surface area contributed by atoms with Crippen molar-refractivity contribution in [2.45, 2.75) is 137 Å². The molecule has 2 aliphatic heterocycles. The fourth-order valence-corrected chi connectivity index (χ4v) is 6.75. The minimum absolute atomic E-state index is 0.0125. The van der Waals surface area contributed by atoms with Gasteiger partial charge >= 0.3 is 11.9 Å². The van der Waals surface area contributed by atoms with Crippen LogP contribution in [0.3, 0.4) is 0 Å². The number of hydrogen-bond acceptors (Lipinski definition) is 8. The Labute approximate surface area is 238 Å². The lowest BCUT2D eigenvalue weighted by Crippen LogP contribution is -2.58. The zero-order valence-electron chi connectivity index (χ0n) is 26.6. The van der Waals surface area contributed by atoms with Crippen molar-refractivity contribution in [1.29, 1.82) is 0 Å². The van der Waals surface area contributed by atoms with Crippen LogP contribution in [0.4, 0.5) is 0 Å². The van der Waals surface area contributed by atoms with Gasteiger partial charge in [-0.3, -0.25) is 9.59 Å². The van der Waals surface area contributed by atoms with Crippen molar-refractivity contribution in [2.24, 2.45) is 29.6 Å². The fourth-order valence-electron chi connectivity index (χ4n) is 6.02. The molecule has 2 aliphatic rings. The van der Waals surface area contributed by atoms with Gasteiger partial charge in [0, 0.05) is 52.7 Å². The van der Waals surface area contributed by atoms with E-state index in [4.69, 9.17) is 28.4 Å². The lowest BCUT2D eigenvalue weighted by Gasteiger charge is -2.52. The van der Waals surface area contributed by atoms with E-state index in [0.717, 1.165) is 18.9 Å². The number of carbonyl (C=O) groups is 2. The Morgan fingerprint density at radius 3 is 2.21 bits per heavy atom. The highest BCUT2D eigenvalue weighted by atomic mass is 28.3. The molecule has 2 saturated heterocycles. The molecule has 0 saturated carbocycles. The van der Waals surface area contributed by atoms with E-state index in [1.165, 1.54) is 13.8 Å². The summed E-state index contributed by atoms with van der Waals surface area (Å²) < 4.78 is 37.4. The molecule has 39 heavy (non-hydrogen) atoms. The third-order valence-electron chi connectivity index (χ3n) is 8.65. The van der Waals surface area contributed by atoms with E-state index in [1.54, 1.807) is 0 Å². The maximum atomic E-state index is 11.8. The first-order valence-corrected chi connectivity index (χ1v) is 18.6. The number of ether oxygens (including phenoxy) is 6. The molecule has 3 unspecified atom stereocenters. The minimum Gasteiger partial charge on any atom is -0.463 e. The van der Waals surface area contributed by atoms with E-state index in [9.17, 15) is 9.59 Å². The standard InChI is InChI=1S/C30H56O8Si/c1-13-25(35-24(8)32)20(4)27-19(3)18(2)16-30(9,37-27)38-28-21(5)26(17-34-23(7)31)36-29(22(28)6)33-14-15-39(10,11)12/h18-22,25-29H,13-17H2,1-12H3/t18-,19-,20-,21+,22?,25-,26?,27?,28+,29-,30-/m1/s1. The van der Waals surface area contributed by atoms with E-state index >= 15 is 0 Å². The van der Waals surface area contributed by atoms with Crippen molar-refractivity contribution in [3.8, 4) is 0 Å². The van der Waals surface area contributed by atoms with Crippen LogP contribution in [-0.2, 0) is 38.0 Å². The zero-order chi connectivity index (χ0) is 29.7. The minimum atomic E-state index is -1.28. The maximum Gasteiger partial charge on any atom is 0.302 e. The van der Waals surface area contributed by atoms with Crippen molar-refractivity contribution in [3.05, 3.63) is 0 Å². The normalized spacial score (nSPS) is 37.1. The number of rotatable bonds is 12. The van der Waals surface area contributed by atoms with Crippen LogP contribution < -0.4 is 0 Å². The van der Waals surface area contributed by atoms with E-state index in [1.807, 2.05) is 13.8 Å². The van der Waals surface area contributed by atoms with Gasteiger partial charge in [0.05, 0.1) is 18.3 Å². The molecule has 11 atom stereocenters. The Morgan fingerprint density at radius 1 is 1.03 bits per heavy atom. The van der Waals surface area contributed by atoms with Crippen molar-refractivity contribution < 1.29 is 38.0 Å². The van der Waals surface area contributed by atoms with Gasteiger partial charge in [0.1, 0.15) is 12.7 Å². The molecule has 2 rings (SSSR count). The summed E-state index contributed by atoms with van der Waals surface area (Å²) in [5.41, 5.74) is 0. The van der Waals surface area contributed by atoms with Crippen LogP contribution in [-0.4, -0.2) is 69.7 Å². The molecule has 0 N–H and O–H groups in total. The second kappa shape index (κ2) is 14.3. The lowest BCUT2D eigenvalue weighted by molar-refractivity contribution is -0.356. The fraction of sp³-hybridized carbons (Fsp3) is 0.933. The average Bonchev–Trinajstić information content (AvgIpc) is 2.82. The van der Waals surface area contributed by atoms with Gasteiger partial charge in [-0.1, -0.05) is 61.2 Å². The molecule has 2 heterocycles. The molecule has 8 nitrogen and oxygen atoms in total. The molecule has 0 spiro atoms. The smallest absolute Gasteiger partial charge is 0.302 e. The number of carbonyl (C=O) groups excluding carboxylic acids is 2. The second-order valence-corrected chi connectivity index (χ2v) is 19.1. The third kappa shape index (κ3) is 9.80. The van der Waals surface area contributed by atoms with E-state index < -0.39 is 20.2 Å². The summed E-state index contributed by atoms with van der Waals surface area (Å²) in [5, 5.41) is 0. The van der Waals surface area contributed by atoms with Crippen LogP contribution in [0.5, 0.6) is 0 Å². The van der Waals surface area contributed by atoms with Gasteiger partial charge in [-0.15, -0.1) is 0 Å². The highest BCUT2D eigenvalue weighted by Crippen LogP contribution is 2.44. The third-order valence-corrected chi connectivity index (χ3v) is 10.4. The molecule has 9 heteroatoms. The van der Waals surface area contributed by atoms with Crippen LogP contribution in [0.1, 0.15) is 75.2 Å². The van der Waals surface area contributed by atoms with Gasteiger partial charge in [-0.05, 0) is 31.2 Å². The van der Waals surface area contributed by atoms with Gasteiger partial charge in [0.25, 0.3) is 0 Å². The van der Waals surface area contributed by atoms with Crippen molar-refractivity contribution in [3.63, 3.8) is 0 Å². The molecule has 0 aromatic rings. The second-order valence-electron chi connectivity index (χ2n) is 13.5.